The van der Waals surface area contributed by atoms with Crippen LogP contribution >= 0.6 is 0 Å². The Bertz CT molecular complexity index is 217. The monoisotopic (exact) mass is 147 g/mol. The van der Waals surface area contributed by atoms with Crippen LogP contribution in [0.3, 0.4) is 0 Å². The summed E-state index contributed by atoms with van der Waals surface area (Å²) in [7, 11) is -1.10. The lowest BCUT2D eigenvalue weighted by molar-refractivity contribution is 0.600. The van der Waals surface area contributed by atoms with E-state index >= 15 is 0 Å². The number of hydrogen-bond donors (Lipinski definition) is 1. The second kappa shape index (κ2) is 2.11. The Morgan fingerprint density at radius 2 is 2.33 bits per heavy atom. The van der Waals surface area contributed by atoms with Crippen LogP contribution in [0.2, 0.25) is 0 Å². The molecule has 4 heteroatoms. The molecule has 0 aliphatic carbocycles. The first kappa shape index (κ1) is 6.77. The summed E-state index contributed by atoms with van der Waals surface area (Å²) in [6.45, 7) is 0. The highest BCUT2D eigenvalue weighted by atomic mass is 32.2. The average molecular weight is 147 g/mol. The van der Waals surface area contributed by atoms with Gasteiger partial charge in [0, 0.05) is 11.4 Å². The molecule has 0 radical (unpaired) electrons. The minimum absolute atomic E-state index is 0.0231. The summed E-state index contributed by atoms with van der Waals surface area (Å²) in [6.07, 6.45) is 1.66. The highest BCUT2D eigenvalue weighted by molar-refractivity contribution is 7.94. The van der Waals surface area contributed by atoms with Crippen molar-refractivity contribution in [3.63, 3.8) is 0 Å². The van der Waals surface area contributed by atoms with Crippen LogP contribution in [0.1, 0.15) is 0 Å². The van der Waals surface area contributed by atoms with Gasteiger partial charge in [-0.25, -0.2) is 8.42 Å². The van der Waals surface area contributed by atoms with Crippen LogP contribution < -0.4 is 5.32 Å². The predicted octanol–water partition coefficient (Wildman–Crippen LogP) is -0.483. The summed E-state index contributed by atoms with van der Waals surface area (Å²) in [5, 5.41) is 4.11. The van der Waals surface area contributed by atoms with Gasteiger partial charge in [-0.1, -0.05) is 6.08 Å². The zero-order valence-corrected chi connectivity index (χ0v) is 5.98. The SMILES string of the molecule is CNC1C=CS(=O)(=O)C1. The molecule has 1 N–H and O–H groups in total. The molecule has 0 fully saturated rings. The molecular formula is C5H9NO2S. The van der Waals surface area contributed by atoms with Crippen molar-refractivity contribution in [2.75, 3.05) is 12.8 Å². The molecule has 1 aliphatic rings. The van der Waals surface area contributed by atoms with E-state index in [1.807, 2.05) is 0 Å². The van der Waals surface area contributed by atoms with Crippen LogP contribution in [0.25, 0.3) is 0 Å². The molecular weight excluding hydrogens is 138 g/mol. The third-order valence-electron chi connectivity index (χ3n) is 1.30. The topological polar surface area (TPSA) is 46.2 Å². The number of nitrogens with one attached hydrogen (secondary N) is 1. The van der Waals surface area contributed by atoms with Crippen molar-refractivity contribution in [3.8, 4) is 0 Å². The first-order chi connectivity index (χ1) is 4.14. The van der Waals surface area contributed by atoms with E-state index in [0.29, 0.717) is 0 Å². The zero-order valence-electron chi connectivity index (χ0n) is 5.16. The lowest BCUT2D eigenvalue weighted by atomic mass is 10.3. The van der Waals surface area contributed by atoms with Crippen LogP contribution in [0.4, 0.5) is 0 Å². The van der Waals surface area contributed by atoms with Gasteiger partial charge in [-0.2, -0.15) is 0 Å². The van der Waals surface area contributed by atoms with Crippen molar-refractivity contribution in [2.24, 2.45) is 0 Å². The summed E-state index contributed by atoms with van der Waals surface area (Å²) in [5.74, 6) is 0.212. The first-order valence-electron chi connectivity index (χ1n) is 2.72. The molecule has 0 aromatic carbocycles. The van der Waals surface area contributed by atoms with E-state index in [2.05, 4.69) is 5.32 Å². The highest BCUT2D eigenvalue weighted by Crippen LogP contribution is 2.06. The molecule has 0 spiro atoms. The van der Waals surface area contributed by atoms with Crippen LogP contribution in [-0.4, -0.2) is 27.3 Å². The molecule has 9 heavy (non-hydrogen) atoms. The number of hydrogen-bond acceptors (Lipinski definition) is 3. The Kier molecular flexibility index (Phi) is 1.59. The average Bonchev–Trinajstić information content (AvgIpc) is 2.10. The van der Waals surface area contributed by atoms with Crippen molar-refractivity contribution in [1.29, 1.82) is 0 Å². The maximum absolute atomic E-state index is 10.7. The van der Waals surface area contributed by atoms with Crippen molar-refractivity contribution in [2.45, 2.75) is 6.04 Å². The van der Waals surface area contributed by atoms with Crippen LogP contribution in [0, 0.1) is 0 Å². The number of sulfone groups is 1. The minimum atomic E-state index is -2.85. The fourth-order valence-corrected chi connectivity index (χ4v) is 2.07. The maximum atomic E-state index is 10.7. The Hall–Kier alpha value is -0.350. The van der Waals surface area contributed by atoms with Crippen LogP contribution in [0.15, 0.2) is 11.5 Å². The summed E-state index contributed by atoms with van der Waals surface area (Å²) >= 11 is 0. The molecule has 52 valence electrons. The lowest BCUT2D eigenvalue weighted by Crippen LogP contribution is -2.25. The van der Waals surface area contributed by atoms with Crippen molar-refractivity contribution >= 4 is 9.84 Å². The molecule has 1 rings (SSSR count). The van der Waals surface area contributed by atoms with Gasteiger partial charge < -0.3 is 5.32 Å². The Morgan fingerprint density at radius 1 is 1.67 bits per heavy atom. The van der Waals surface area contributed by atoms with E-state index in [9.17, 15) is 8.42 Å². The molecule has 0 aromatic heterocycles. The molecule has 1 aliphatic heterocycles. The fraction of sp³-hybridized carbons (Fsp3) is 0.600. The van der Waals surface area contributed by atoms with Crippen LogP contribution in [0.5, 0.6) is 0 Å². The molecule has 3 nitrogen and oxygen atoms in total. The van der Waals surface area contributed by atoms with E-state index < -0.39 is 9.84 Å². The standard InChI is InChI=1S/C5H9NO2S/c1-6-5-2-3-9(7,8)4-5/h2-3,5-6H,4H2,1H3. The summed E-state index contributed by atoms with van der Waals surface area (Å²) in [5.41, 5.74) is 0. The van der Waals surface area contributed by atoms with Crippen molar-refractivity contribution in [3.05, 3.63) is 11.5 Å². The van der Waals surface area contributed by atoms with E-state index in [4.69, 9.17) is 0 Å². The first-order valence-corrected chi connectivity index (χ1v) is 4.44. The quantitative estimate of drug-likeness (QED) is 0.544. The number of likely N-dealkylation sites (N-methyl/N-ethyl adjacent to an activating group) is 1. The van der Waals surface area contributed by atoms with Gasteiger partial charge in [0.25, 0.3) is 0 Å². The normalized spacial score (nSPS) is 31.0. The van der Waals surface area contributed by atoms with E-state index in [0.717, 1.165) is 0 Å². The van der Waals surface area contributed by atoms with Gasteiger partial charge in [0.2, 0.25) is 0 Å². The largest absolute Gasteiger partial charge is 0.313 e. The van der Waals surface area contributed by atoms with Gasteiger partial charge in [0.15, 0.2) is 9.84 Å². The molecule has 0 saturated carbocycles. The summed E-state index contributed by atoms with van der Waals surface area (Å²) in [6, 6.07) is 0.0231. The molecule has 1 heterocycles. The molecule has 1 unspecified atom stereocenters. The van der Waals surface area contributed by atoms with Gasteiger partial charge in [-0.05, 0) is 7.05 Å². The molecule has 0 amide bonds. The van der Waals surface area contributed by atoms with Gasteiger partial charge in [-0.15, -0.1) is 0 Å². The van der Waals surface area contributed by atoms with Gasteiger partial charge in [-0.3, -0.25) is 0 Å². The summed E-state index contributed by atoms with van der Waals surface area (Å²) < 4.78 is 21.3. The predicted molar refractivity (Wildman–Crippen MR) is 35.8 cm³/mol. The minimum Gasteiger partial charge on any atom is -0.313 e. The maximum Gasteiger partial charge on any atom is 0.173 e. The second-order valence-electron chi connectivity index (χ2n) is 2.05. The van der Waals surface area contributed by atoms with Gasteiger partial charge in [0.1, 0.15) is 0 Å². The van der Waals surface area contributed by atoms with E-state index in [1.165, 1.54) is 5.41 Å². The lowest BCUT2D eigenvalue weighted by Gasteiger charge is -2.00. The van der Waals surface area contributed by atoms with Crippen molar-refractivity contribution in [1.82, 2.24) is 5.32 Å². The zero-order chi connectivity index (χ0) is 6.91. The smallest absolute Gasteiger partial charge is 0.173 e. The molecule has 0 saturated heterocycles. The molecule has 1 atom stereocenters. The van der Waals surface area contributed by atoms with E-state index in [1.54, 1.807) is 13.1 Å². The third kappa shape index (κ3) is 1.53. The number of rotatable bonds is 1. The van der Waals surface area contributed by atoms with Crippen LogP contribution in [-0.2, 0) is 9.84 Å². The fourth-order valence-electron chi connectivity index (χ4n) is 0.755. The van der Waals surface area contributed by atoms with Crippen molar-refractivity contribution < 1.29 is 8.42 Å². The summed E-state index contributed by atoms with van der Waals surface area (Å²) in [4.78, 5) is 0. The highest BCUT2D eigenvalue weighted by Gasteiger charge is 2.19. The molecule has 0 bridgehead atoms. The Balaban J connectivity index is 2.72. The van der Waals surface area contributed by atoms with Gasteiger partial charge >= 0.3 is 0 Å². The van der Waals surface area contributed by atoms with E-state index in [-0.39, 0.29) is 11.8 Å². The third-order valence-corrected chi connectivity index (χ3v) is 2.70. The van der Waals surface area contributed by atoms with Gasteiger partial charge in [0.05, 0.1) is 5.75 Å². The second-order valence-corrected chi connectivity index (χ2v) is 3.98. The molecule has 0 aromatic rings. The Labute approximate surface area is 54.7 Å². The Morgan fingerprint density at radius 3 is 2.56 bits per heavy atom.